The van der Waals surface area contributed by atoms with Gasteiger partial charge in [0, 0.05) is 18.7 Å². The molecular formula is C20H21ClN4O. The summed E-state index contributed by atoms with van der Waals surface area (Å²) in [5, 5.41) is 3.37. The molecule has 1 fully saturated rings. The largest absolute Gasteiger partial charge is 0.329 e. The Hall–Kier alpha value is -2.37. The van der Waals surface area contributed by atoms with Gasteiger partial charge in [0.05, 0.1) is 28.1 Å². The Kier molecular flexibility index (Phi) is 4.91. The molecule has 1 aliphatic rings. The number of anilines is 1. The molecule has 2 heterocycles. The molecule has 26 heavy (non-hydrogen) atoms. The van der Waals surface area contributed by atoms with E-state index in [0.29, 0.717) is 16.3 Å². The van der Waals surface area contributed by atoms with Crippen molar-refractivity contribution >= 4 is 34.2 Å². The summed E-state index contributed by atoms with van der Waals surface area (Å²) in [5.41, 5.74) is 3.06. The van der Waals surface area contributed by atoms with Gasteiger partial charge in [-0.2, -0.15) is 0 Å². The van der Waals surface area contributed by atoms with Crippen LogP contribution in [0, 0.1) is 0 Å². The zero-order valence-corrected chi connectivity index (χ0v) is 15.2. The van der Waals surface area contributed by atoms with E-state index in [-0.39, 0.29) is 5.91 Å². The van der Waals surface area contributed by atoms with E-state index < -0.39 is 0 Å². The first kappa shape index (κ1) is 17.1. The number of carbonyl (C=O) groups excluding carboxylic acids is 1. The van der Waals surface area contributed by atoms with Crippen LogP contribution in [-0.4, -0.2) is 40.0 Å². The number of benzene rings is 2. The van der Waals surface area contributed by atoms with Crippen molar-refractivity contribution in [1.29, 1.82) is 0 Å². The van der Waals surface area contributed by atoms with Crippen LogP contribution in [0.4, 0.5) is 5.69 Å². The highest BCUT2D eigenvalue weighted by atomic mass is 35.5. The van der Waals surface area contributed by atoms with E-state index in [4.69, 9.17) is 11.6 Å². The number of likely N-dealkylation sites (tertiary alicyclic amines) is 1. The molecule has 2 aromatic carbocycles. The van der Waals surface area contributed by atoms with Gasteiger partial charge < -0.3 is 14.8 Å². The van der Waals surface area contributed by atoms with Crippen LogP contribution in [0.1, 0.15) is 23.2 Å². The lowest BCUT2D eigenvalue weighted by Crippen LogP contribution is -2.23. The van der Waals surface area contributed by atoms with Crippen LogP contribution in [0.25, 0.3) is 11.0 Å². The van der Waals surface area contributed by atoms with E-state index in [2.05, 4.69) is 19.8 Å². The molecule has 1 aliphatic heterocycles. The number of fused-ring (bicyclic) bond motifs is 1. The monoisotopic (exact) mass is 368 g/mol. The number of rotatable bonds is 5. The molecule has 1 N–H and O–H groups in total. The Labute approximate surface area is 157 Å². The van der Waals surface area contributed by atoms with Gasteiger partial charge in [-0.25, -0.2) is 4.98 Å². The van der Waals surface area contributed by atoms with Crippen LogP contribution >= 0.6 is 11.6 Å². The first-order valence-electron chi connectivity index (χ1n) is 8.94. The third-order valence-electron chi connectivity index (χ3n) is 4.86. The second-order valence-corrected chi connectivity index (χ2v) is 7.03. The van der Waals surface area contributed by atoms with Crippen LogP contribution in [0.3, 0.4) is 0 Å². The van der Waals surface area contributed by atoms with Crippen molar-refractivity contribution in [3.63, 3.8) is 0 Å². The molecule has 0 unspecified atom stereocenters. The SMILES string of the molecule is O=C(Nc1ccccc1Cl)c1ccc2c(c1)ncn2CCN1CCCC1. The van der Waals surface area contributed by atoms with Gasteiger partial charge in [-0.15, -0.1) is 0 Å². The fourth-order valence-electron chi connectivity index (χ4n) is 3.40. The molecular weight excluding hydrogens is 348 g/mol. The van der Waals surface area contributed by atoms with Gasteiger partial charge >= 0.3 is 0 Å². The molecule has 0 atom stereocenters. The van der Waals surface area contributed by atoms with Crippen LogP contribution in [0.15, 0.2) is 48.8 Å². The molecule has 1 aromatic heterocycles. The van der Waals surface area contributed by atoms with Crippen LogP contribution in [0.2, 0.25) is 5.02 Å². The minimum absolute atomic E-state index is 0.188. The van der Waals surface area contributed by atoms with Gasteiger partial charge in [0.1, 0.15) is 0 Å². The Bertz CT molecular complexity index is 930. The number of nitrogens with zero attached hydrogens (tertiary/aromatic N) is 3. The van der Waals surface area contributed by atoms with Gasteiger partial charge in [0.2, 0.25) is 0 Å². The van der Waals surface area contributed by atoms with Crippen LogP contribution < -0.4 is 5.32 Å². The maximum atomic E-state index is 12.5. The van der Waals surface area contributed by atoms with Gasteiger partial charge in [-0.05, 0) is 56.3 Å². The molecule has 0 spiro atoms. The Morgan fingerprint density at radius 3 is 2.73 bits per heavy atom. The lowest BCUT2D eigenvalue weighted by Gasteiger charge is -2.15. The summed E-state index contributed by atoms with van der Waals surface area (Å²) in [5.74, 6) is -0.188. The molecule has 3 aromatic rings. The van der Waals surface area contributed by atoms with Crippen molar-refractivity contribution in [3.05, 3.63) is 59.4 Å². The minimum Gasteiger partial charge on any atom is -0.329 e. The molecule has 6 heteroatoms. The summed E-state index contributed by atoms with van der Waals surface area (Å²) in [6.45, 7) is 4.35. The Morgan fingerprint density at radius 2 is 1.92 bits per heavy atom. The van der Waals surface area contributed by atoms with Crippen molar-refractivity contribution in [2.24, 2.45) is 0 Å². The number of hydrogen-bond acceptors (Lipinski definition) is 3. The first-order valence-corrected chi connectivity index (χ1v) is 9.31. The summed E-state index contributed by atoms with van der Waals surface area (Å²) < 4.78 is 2.16. The minimum atomic E-state index is -0.188. The van der Waals surface area contributed by atoms with Crippen LogP contribution in [-0.2, 0) is 6.54 Å². The van der Waals surface area contributed by atoms with Crippen LogP contribution in [0.5, 0.6) is 0 Å². The Balaban J connectivity index is 1.49. The van der Waals surface area contributed by atoms with Crippen molar-refractivity contribution in [2.45, 2.75) is 19.4 Å². The third kappa shape index (κ3) is 3.59. The van der Waals surface area contributed by atoms with Crippen molar-refractivity contribution in [2.75, 3.05) is 25.0 Å². The first-order chi connectivity index (χ1) is 12.7. The second kappa shape index (κ2) is 7.48. The van der Waals surface area contributed by atoms with Crippen molar-refractivity contribution < 1.29 is 4.79 Å². The fraction of sp³-hybridized carbons (Fsp3) is 0.300. The average molecular weight is 369 g/mol. The number of nitrogens with one attached hydrogen (secondary N) is 1. The fourth-order valence-corrected chi connectivity index (χ4v) is 3.58. The number of carbonyl (C=O) groups is 1. The molecule has 134 valence electrons. The van der Waals surface area contributed by atoms with E-state index in [1.165, 1.54) is 25.9 Å². The van der Waals surface area contributed by atoms with E-state index in [9.17, 15) is 4.79 Å². The summed E-state index contributed by atoms with van der Waals surface area (Å²) in [6, 6.07) is 12.8. The number of imidazole rings is 1. The third-order valence-corrected chi connectivity index (χ3v) is 5.19. The van der Waals surface area contributed by atoms with Gasteiger partial charge in [0.15, 0.2) is 0 Å². The predicted octanol–water partition coefficient (Wildman–Crippen LogP) is 4.04. The molecule has 1 saturated heterocycles. The average Bonchev–Trinajstić information content (AvgIpc) is 3.31. The van der Waals surface area contributed by atoms with Gasteiger partial charge in [-0.3, -0.25) is 4.79 Å². The van der Waals surface area contributed by atoms with E-state index in [0.717, 1.165) is 24.1 Å². The topological polar surface area (TPSA) is 50.2 Å². The normalized spacial score (nSPS) is 14.8. The molecule has 1 amide bonds. The smallest absolute Gasteiger partial charge is 0.255 e. The van der Waals surface area contributed by atoms with Crippen molar-refractivity contribution in [3.8, 4) is 0 Å². The second-order valence-electron chi connectivity index (χ2n) is 6.62. The zero-order chi connectivity index (χ0) is 17.9. The highest BCUT2D eigenvalue weighted by molar-refractivity contribution is 6.33. The maximum Gasteiger partial charge on any atom is 0.255 e. The number of hydrogen-bond donors (Lipinski definition) is 1. The van der Waals surface area contributed by atoms with Crippen molar-refractivity contribution in [1.82, 2.24) is 14.5 Å². The summed E-state index contributed by atoms with van der Waals surface area (Å²) in [4.78, 5) is 19.5. The summed E-state index contributed by atoms with van der Waals surface area (Å²) >= 11 is 6.11. The Morgan fingerprint density at radius 1 is 1.12 bits per heavy atom. The summed E-state index contributed by atoms with van der Waals surface area (Å²) in [6.07, 6.45) is 4.46. The molecule has 0 radical (unpaired) electrons. The van der Waals surface area contributed by atoms with E-state index >= 15 is 0 Å². The quantitative estimate of drug-likeness (QED) is 0.739. The number of amides is 1. The molecule has 0 aliphatic carbocycles. The molecule has 4 rings (SSSR count). The lowest BCUT2D eigenvalue weighted by molar-refractivity contribution is 0.102. The number of aromatic nitrogens is 2. The predicted molar refractivity (Wildman–Crippen MR) is 105 cm³/mol. The van der Waals surface area contributed by atoms with E-state index in [1.807, 2.05) is 36.7 Å². The van der Waals surface area contributed by atoms with Gasteiger partial charge in [-0.1, -0.05) is 23.7 Å². The molecule has 5 nitrogen and oxygen atoms in total. The molecule has 0 bridgehead atoms. The highest BCUT2D eigenvalue weighted by Gasteiger charge is 2.13. The standard InChI is InChI=1S/C20H21ClN4O/c21-16-5-1-2-6-17(16)23-20(26)15-7-8-19-18(13-15)22-14-25(19)12-11-24-9-3-4-10-24/h1-2,5-8,13-14H,3-4,9-12H2,(H,23,26). The maximum absolute atomic E-state index is 12.5. The molecule has 0 saturated carbocycles. The summed E-state index contributed by atoms with van der Waals surface area (Å²) in [7, 11) is 0. The van der Waals surface area contributed by atoms with E-state index in [1.54, 1.807) is 12.1 Å². The van der Waals surface area contributed by atoms with Gasteiger partial charge in [0.25, 0.3) is 5.91 Å². The number of para-hydroxylation sites is 1. The number of halogens is 1. The zero-order valence-electron chi connectivity index (χ0n) is 14.5. The lowest BCUT2D eigenvalue weighted by atomic mass is 10.2. The highest BCUT2D eigenvalue weighted by Crippen LogP contribution is 2.22.